The fraction of sp³-hybridized carbons (Fsp3) is 0.176. The van der Waals surface area contributed by atoms with Gasteiger partial charge in [0.1, 0.15) is 11.5 Å². The number of benzene rings is 2. The average molecular weight is 378 g/mol. The molecule has 0 aliphatic rings. The van der Waals surface area contributed by atoms with Gasteiger partial charge in [0.15, 0.2) is 5.16 Å². The molecule has 0 atom stereocenters. The zero-order valence-corrected chi connectivity index (χ0v) is 15.2. The van der Waals surface area contributed by atoms with Crippen LogP contribution in [0, 0.1) is 0 Å². The van der Waals surface area contributed by atoms with Crippen LogP contribution in [-0.4, -0.2) is 35.8 Å². The van der Waals surface area contributed by atoms with Crippen LogP contribution in [0.1, 0.15) is 0 Å². The van der Waals surface area contributed by atoms with Crippen molar-refractivity contribution in [3.05, 3.63) is 41.4 Å². The van der Waals surface area contributed by atoms with Crippen LogP contribution in [0.4, 0.5) is 5.69 Å². The van der Waals surface area contributed by atoms with Crippen molar-refractivity contribution in [1.29, 1.82) is 0 Å². The lowest BCUT2D eigenvalue weighted by Crippen LogP contribution is -2.14. The zero-order chi connectivity index (χ0) is 17.8. The Hall–Kier alpha value is -2.38. The molecular weight excluding hydrogens is 362 g/mol. The second-order valence-corrected chi connectivity index (χ2v) is 6.51. The van der Waals surface area contributed by atoms with E-state index in [1.807, 2.05) is 6.07 Å². The number of rotatable bonds is 6. The number of ether oxygens (including phenoxy) is 2. The van der Waals surface area contributed by atoms with Gasteiger partial charge in [0.05, 0.1) is 36.7 Å². The fourth-order valence-corrected chi connectivity index (χ4v) is 3.11. The maximum absolute atomic E-state index is 12.2. The van der Waals surface area contributed by atoms with Crippen molar-refractivity contribution in [3.8, 4) is 11.5 Å². The summed E-state index contributed by atoms with van der Waals surface area (Å²) in [5.74, 6) is 1.25. The summed E-state index contributed by atoms with van der Waals surface area (Å²) in [6.45, 7) is 0. The molecule has 0 saturated carbocycles. The van der Waals surface area contributed by atoms with Crippen molar-refractivity contribution in [2.24, 2.45) is 0 Å². The van der Waals surface area contributed by atoms with Crippen LogP contribution >= 0.6 is 23.4 Å². The van der Waals surface area contributed by atoms with Gasteiger partial charge < -0.3 is 19.8 Å². The van der Waals surface area contributed by atoms with Gasteiger partial charge in [0, 0.05) is 11.1 Å². The molecule has 3 rings (SSSR count). The molecule has 1 heterocycles. The molecule has 0 unspecified atom stereocenters. The highest BCUT2D eigenvalue weighted by Crippen LogP contribution is 2.29. The number of halogens is 1. The zero-order valence-electron chi connectivity index (χ0n) is 13.6. The van der Waals surface area contributed by atoms with Crippen molar-refractivity contribution in [2.45, 2.75) is 5.16 Å². The molecule has 6 nitrogen and oxygen atoms in total. The maximum Gasteiger partial charge on any atom is 0.234 e. The van der Waals surface area contributed by atoms with Crippen LogP contribution in [0.2, 0.25) is 5.02 Å². The molecule has 0 aliphatic carbocycles. The second-order valence-electron chi connectivity index (χ2n) is 5.11. The summed E-state index contributed by atoms with van der Waals surface area (Å²) in [6, 6.07) is 10.6. The molecule has 0 spiro atoms. The Morgan fingerprint density at radius 2 is 2.08 bits per heavy atom. The summed E-state index contributed by atoms with van der Waals surface area (Å²) in [5.41, 5.74) is 2.24. The normalized spacial score (nSPS) is 10.7. The molecule has 2 N–H and O–H groups in total. The first kappa shape index (κ1) is 17.4. The number of aromatic nitrogens is 2. The van der Waals surface area contributed by atoms with E-state index in [-0.39, 0.29) is 11.7 Å². The first-order valence-electron chi connectivity index (χ1n) is 7.39. The van der Waals surface area contributed by atoms with Crippen LogP contribution in [0.5, 0.6) is 11.5 Å². The molecule has 1 aromatic heterocycles. The van der Waals surface area contributed by atoms with E-state index in [1.54, 1.807) is 44.6 Å². The van der Waals surface area contributed by atoms with E-state index in [4.69, 9.17) is 21.1 Å². The Morgan fingerprint density at radius 1 is 1.24 bits per heavy atom. The van der Waals surface area contributed by atoms with Crippen LogP contribution in [0.25, 0.3) is 11.0 Å². The molecule has 0 bridgehead atoms. The highest BCUT2D eigenvalue weighted by atomic mass is 35.5. The largest absolute Gasteiger partial charge is 0.497 e. The summed E-state index contributed by atoms with van der Waals surface area (Å²) in [6.07, 6.45) is 0. The van der Waals surface area contributed by atoms with Crippen molar-refractivity contribution in [3.63, 3.8) is 0 Å². The van der Waals surface area contributed by atoms with Gasteiger partial charge in [-0.15, -0.1) is 0 Å². The monoisotopic (exact) mass is 377 g/mol. The highest BCUT2D eigenvalue weighted by Gasteiger charge is 2.11. The van der Waals surface area contributed by atoms with E-state index >= 15 is 0 Å². The Kier molecular flexibility index (Phi) is 5.35. The molecule has 1 amide bonds. The van der Waals surface area contributed by atoms with Gasteiger partial charge in [-0.05, 0) is 30.3 Å². The number of carbonyl (C=O) groups excluding carboxylic acids is 1. The van der Waals surface area contributed by atoms with Crippen LogP contribution in [0.3, 0.4) is 0 Å². The summed E-state index contributed by atoms with van der Waals surface area (Å²) < 4.78 is 10.4. The predicted molar refractivity (Wildman–Crippen MR) is 100 cm³/mol. The number of hydrogen-bond donors (Lipinski definition) is 2. The SMILES string of the molecule is COc1ccc(NC(=O)CSc2nc3ccc(Cl)cc3[nH]2)c(OC)c1. The van der Waals surface area contributed by atoms with Gasteiger partial charge in [-0.1, -0.05) is 23.4 Å². The Bertz CT molecular complexity index is 913. The topological polar surface area (TPSA) is 76.2 Å². The number of anilines is 1. The number of nitrogens with zero attached hydrogens (tertiary/aromatic N) is 1. The number of imidazole rings is 1. The molecular formula is C17H16ClN3O3S. The summed E-state index contributed by atoms with van der Waals surface area (Å²) in [7, 11) is 3.11. The van der Waals surface area contributed by atoms with Gasteiger partial charge in [-0.2, -0.15) is 0 Å². The molecule has 0 aliphatic heterocycles. The van der Waals surface area contributed by atoms with Crippen LogP contribution in [-0.2, 0) is 4.79 Å². The predicted octanol–water partition coefficient (Wildman–Crippen LogP) is 3.96. The lowest BCUT2D eigenvalue weighted by Gasteiger charge is -2.11. The van der Waals surface area contributed by atoms with Gasteiger partial charge in [0.2, 0.25) is 5.91 Å². The lowest BCUT2D eigenvalue weighted by atomic mass is 10.2. The standard InChI is InChI=1S/C17H16ClN3O3S/c1-23-11-4-6-13(15(8-11)24-2)19-16(22)9-25-17-20-12-5-3-10(18)7-14(12)21-17/h3-8H,9H2,1-2H3,(H,19,22)(H,20,21). The number of amides is 1. The van der Waals surface area contributed by atoms with E-state index in [9.17, 15) is 4.79 Å². The molecule has 0 radical (unpaired) electrons. The third-order valence-electron chi connectivity index (χ3n) is 3.44. The summed E-state index contributed by atoms with van der Waals surface area (Å²) in [4.78, 5) is 19.8. The third kappa shape index (κ3) is 4.18. The summed E-state index contributed by atoms with van der Waals surface area (Å²) >= 11 is 7.27. The van der Waals surface area contributed by atoms with E-state index in [2.05, 4.69) is 15.3 Å². The number of hydrogen-bond acceptors (Lipinski definition) is 5. The number of carbonyl (C=O) groups is 1. The molecule has 0 fully saturated rings. The summed E-state index contributed by atoms with van der Waals surface area (Å²) in [5, 5.41) is 4.12. The fourth-order valence-electron chi connectivity index (χ4n) is 2.25. The number of aromatic amines is 1. The van der Waals surface area contributed by atoms with E-state index in [0.29, 0.717) is 27.4 Å². The third-order valence-corrected chi connectivity index (χ3v) is 4.55. The van der Waals surface area contributed by atoms with E-state index in [0.717, 1.165) is 11.0 Å². The number of thioether (sulfide) groups is 1. The minimum atomic E-state index is -0.160. The number of fused-ring (bicyclic) bond motifs is 1. The van der Waals surface area contributed by atoms with Gasteiger partial charge in [-0.25, -0.2) is 4.98 Å². The lowest BCUT2D eigenvalue weighted by molar-refractivity contribution is -0.113. The molecule has 2 aromatic carbocycles. The minimum absolute atomic E-state index is 0.160. The first-order valence-corrected chi connectivity index (χ1v) is 8.75. The number of methoxy groups -OCH3 is 2. The van der Waals surface area contributed by atoms with E-state index in [1.165, 1.54) is 11.8 Å². The number of nitrogens with one attached hydrogen (secondary N) is 2. The van der Waals surface area contributed by atoms with E-state index < -0.39 is 0 Å². The molecule has 3 aromatic rings. The first-order chi connectivity index (χ1) is 12.1. The molecule has 130 valence electrons. The molecule has 25 heavy (non-hydrogen) atoms. The molecule has 0 saturated heterocycles. The van der Waals surface area contributed by atoms with Crippen molar-refractivity contribution in [2.75, 3.05) is 25.3 Å². The molecule has 8 heteroatoms. The minimum Gasteiger partial charge on any atom is -0.497 e. The Morgan fingerprint density at radius 3 is 2.84 bits per heavy atom. The van der Waals surface area contributed by atoms with Crippen molar-refractivity contribution >= 4 is 46.0 Å². The van der Waals surface area contributed by atoms with Crippen LogP contribution in [0.15, 0.2) is 41.6 Å². The quantitative estimate of drug-likeness (QED) is 0.636. The Labute approximate surface area is 153 Å². The number of H-pyrrole nitrogens is 1. The Balaban J connectivity index is 1.64. The van der Waals surface area contributed by atoms with Gasteiger partial charge in [0.25, 0.3) is 0 Å². The van der Waals surface area contributed by atoms with Gasteiger partial charge >= 0.3 is 0 Å². The second kappa shape index (κ2) is 7.67. The van der Waals surface area contributed by atoms with Crippen molar-refractivity contribution < 1.29 is 14.3 Å². The smallest absolute Gasteiger partial charge is 0.234 e. The van der Waals surface area contributed by atoms with Crippen LogP contribution < -0.4 is 14.8 Å². The maximum atomic E-state index is 12.2. The average Bonchev–Trinajstić information content (AvgIpc) is 3.02. The van der Waals surface area contributed by atoms with Gasteiger partial charge in [-0.3, -0.25) is 4.79 Å². The van der Waals surface area contributed by atoms with Crippen molar-refractivity contribution in [1.82, 2.24) is 9.97 Å². The highest BCUT2D eigenvalue weighted by molar-refractivity contribution is 7.99.